The van der Waals surface area contributed by atoms with Gasteiger partial charge in [-0.1, -0.05) is 30.3 Å². The Morgan fingerprint density at radius 3 is 2.58 bits per heavy atom. The largest absolute Gasteiger partial charge is 0.356 e. The van der Waals surface area contributed by atoms with E-state index < -0.39 is 0 Å². The molecule has 0 radical (unpaired) electrons. The number of nitrogens with one attached hydrogen (secondary N) is 1. The Hall–Kier alpha value is -2.41. The number of hydrogen-bond donors (Lipinski definition) is 1. The van der Waals surface area contributed by atoms with Crippen LogP contribution in [0, 0.1) is 0 Å². The van der Waals surface area contributed by atoms with Gasteiger partial charge in [-0.2, -0.15) is 0 Å². The molecule has 1 aromatic carbocycles. The third-order valence-electron chi connectivity index (χ3n) is 4.35. The monoisotopic (exact) mass is 360 g/mol. The maximum Gasteiger partial charge on any atom is 0.326 e. The van der Waals surface area contributed by atoms with Gasteiger partial charge >= 0.3 is 6.03 Å². The van der Waals surface area contributed by atoms with Crippen molar-refractivity contribution in [2.24, 2.45) is 0 Å². The normalized spacial score (nSPS) is 14.4. The van der Waals surface area contributed by atoms with Crippen LogP contribution in [0.4, 0.5) is 4.79 Å². The lowest BCUT2D eigenvalue weighted by molar-refractivity contribution is -0.126. The van der Waals surface area contributed by atoms with Crippen LogP contribution in [0.2, 0.25) is 0 Å². The second-order valence-electron chi connectivity index (χ2n) is 6.71. The van der Waals surface area contributed by atoms with Crippen LogP contribution in [0.25, 0.3) is 0 Å². The molecule has 1 heterocycles. The van der Waals surface area contributed by atoms with Gasteiger partial charge in [0.15, 0.2) is 0 Å². The van der Waals surface area contributed by atoms with Crippen molar-refractivity contribution in [1.82, 2.24) is 20.0 Å². The van der Waals surface area contributed by atoms with E-state index in [4.69, 9.17) is 0 Å². The molecule has 7 nitrogen and oxygen atoms in total. The van der Waals surface area contributed by atoms with Gasteiger partial charge in [0.25, 0.3) is 0 Å². The summed E-state index contributed by atoms with van der Waals surface area (Å²) in [6.07, 6.45) is 1.69. The molecule has 0 saturated carbocycles. The molecular weight excluding hydrogens is 332 g/mol. The van der Waals surface area contributed by atoms with Crippen LogP contribution in [0.1, 0.15) is 24.8 Å². The zero-order chi connectivity index (χ0) is 18.9. The van der Waals surface area contributed by atoms with Crippen molar-refractivity contribution in [1.29, 1.82) is 0 Å². The minimum Gasteiger partial charge on any atom is -0.356 e. The number of hydrogen-bond acceptors (Lipinski definition) is 4. The summed E-state index contributed by atoms with van der Waals surface area (Å²) >= 11 is 0. The summed E-state index contributed by atoms with van der Waals surface area (Å²) < 4.78 is 0. The third-order valence-corrected chi connectivity index (χ3v) is 4.35. The fourth-order valence-corrected chi connectivity index (χ4v) is 2.93. The summed E-state index contributed by atoms with van der Waals surface area (Å²) in [5, 5.41) is 2.89. The molecule has 2 rings (SSSR count). The maximum atomic E-state index is 11.9. The van der Waals surface area contributed by atoms with Gasteiger partial charge in [-0.3, -0.25) is 14.5 Å². The minimum atomic E-state index is -0.281. The quantitative estimate of drug-likeness (QED) is 0.504. The number of benzene rings is 1. The molecule has 1 aliphatic rings. The number of likely N-dealkylation sites (N-methyl/N-ethyl adjacent to an activating group) is 1. The molecular formula is C19H28N4O3. The minimum absolute atomic E-state index is 0.0387. The lowest BCUT2D eigenvalue weighted by Crippen LogP contribution is -2.33. The first-order valence-electron chi connectivity index (χ1n) is 9.02. The molecule has 7 heteroatoms. The standard InChI is InChI=1S/C19H28N4O3/c1-21(14-16-8-4-3-5-9-16)12-7-11-20-17(24)10-6-13-23-18(25)15-22(2)19(23)26/h3-5,8-9H,6-7,10-15H2,1-2H3,(H,20,24). The first kappa shape index (κ1) is 19.9. The van der Waals surface area contributed by atoms with E-state index in [2.05, 4.69) is 29.4 Å². The number of nitrogens with zero attached hydrogens (tertiary/aromatic N) is 3. The summed E-state index contributed by atoms with van der Waals surface area (Å²) in [4.78, 5) is 40.0. The van der Waals surface area contributed by atoms with Gasteiger partial charge in [-0.15, -0.1) is 0 Å². The second kappa shape index (κ2) is 9.91. The molecule has 0 aliphatic carbocycles. The van der Waals surface area contributed by atoms with Crippen LogP contribution in [-0.4, -0.2) is 72.8 Å². The van der Waals surface area contributed by atoms with Crippen LogP contribution < -0.4 is 5.32 Å². The van der Waals surface area contributed by atoms with Crippen LogP contribution in [0.5, 0.6) is 0 Å². The molecule has 0 spiro atoms. The van der Waals surface area contributed by atoms with Crippen molar-refractivity contribution >= 4 is 17.8 Å². The Kier molecular flexibility index (Phi) is 7.59. The molecule has 1 N–H and O–H groups in total. The summed E-state index contributed by atoms with van der Waals surface area (Å²) in [6, 6.07) is 10.00. The first-order chi connectivity index (χ1) is 12.5. The number of carbonyl (C=O) groups excluding carboxylic acids is 3. The van der Waals surface area contributed by atoms with Crippen LogP contribution >= 0.6 is 0 Å². The first-order valence-corrected chi connectivity index (χ1v) is 9.02. The van der Waals surface area contributed by atoms with E-state index in [-0.39, 0.29) is 24.4 Å². The Balaban J connectivity index is 1.54. The van der Waals surface area contributed by atoms with E-state index in [0.717, 1.165) is 19.5 Å². The van der Waals surface area contributed by atoms with Gasteiger partial charge in [-0.25, -0.2) is 4.79 Å². The molecule has 0 aromatic heterocycles. The Morgan fingerprint density at radius 2 is 1.92 bits per heavy atom. The van der Waals surface area contributed by atoms with Gasteiger partial charge in [0.2, 0.25) is 11.8 Å². The fraction of sp³-hybridized carbons (Fsp3) is 0.526. The number of amides is 4. The van der Waals surface area contributed by atoms with Crippen LogP contribution in [-0.2, 0) is 16.1 Å². The summed E-state index contributed by atoms with van der Waals surface area (Å²) in [7, 11) is 3.66. The highest BCUT2D eigenvalue weighted by Gasteiger charge is 2.32. The van der Waals surface area contributed by atoms with E-state index in [0.29, 0.717) is 25.9 Å². The maximum absolute atomic E-state index is 11.9. The zero-order valence-corrected chi connectivity index (χ0v) is 15.6. The fourth-order valence-electron chi connectivity index (χ4n) is 2.93. The van der Waals surface area contributed by atoms with Gasteiger partial charge < -0.3 is 15.1 Å². The number of carbonyl (C=O) groups is 3. The molecule has 1 saturated heterocycles. The second-order valence-corrected chi connectivity index (χ2v) is 6.71. The molecule has 4 amide bonds. The number of urea groups is 1. The number of rotatable bonds is 10. The lowest BCUT2D eigenvalue weighted by Gasteiger charge is -2.17. The van der Waals surface area contributed by atoms with Crippen LogP contribution in [0.3, 0.4) is 0 Å². The topological polar surface area (TPSA) is 73.0 Å². The summed E-state index contributed by atoms with van der Waals surface area (Å²) in [5.41, 5.74) is 1.27. The summed E-state index contributed by atoms with van der Waals surface area (Å²) in [5.74, 6) is -0.234. The van der Waals surface area contributed by atoms with E-state index in [1.54, 1.807) is 7.05 Å². The Morgan fingerprint density at radius 1 is 1.19 bits per heavy atom. The van der Waals surface area contributed by atoms with E-state index in [1.807, 2.05) is 18.2 Å². The summed E-state index contributed by atoms with van der Waals surface area (Å²) in [6.45, 7) is 2.85. The Labute approximate surface area is 154 Å². The van der Waals surface area contributed by atoms with E-state index in [1.165, 1.54) is 15.4 Å². The molecule has 1 aromatic rings. The van der Waals surface area contributed by atoms with Gasteiger partial charge in [0.05, 0.1) is 0 Å². The molecule has 142 valence electrons. The van der Waals surface area contributed by atoms with Crippen molar-refractivity contribution in [3.8, 4) is 0 Å². The highest BCUT2D eigenvalue weighted by Crippen LogP contribution is 2.09. The van der Waals surface area contributed by atoms with Gasteiger partial charge in [-0.05, 0) is 32.0 Å². The van der Waals surface area contributed by atoms with Crippen molar-refractivity contribution < 1.29 is 14.4 Å². The highest BCUT2D eigenvalue weighted by atomic mass is 16.2. The zero-order valence-electron chi connectivity index (χ0n) is 15.6. The van der Waals surface area contributed by atoms with Gasteiger partial charge in [0.1, 0.15) is 6.54 Å². The third kappa shape index (κ3) is 6.15. The molecule has 0 unspecified atom stereocenters. The van der Waals surface area contributed by atoms with Crippen molar-refractivity contribution in [3.05, 3.63) is 35.9 Å². The van der Waals surface area contributed by atoms with E-state index >= 15 is 0 Å². The Bertz CT molecular complexity index is 620. The van der Waals surface area contributed by atoms with Crippen molar-refractivity contribution in [2.45, 2.75) is 25.8 Å². The molecule has 1 aliphatic heterocycles. The van der Waals surface area contributed by atoms with Crippen molar-refractivity contribution in [3.63, 3.8) is 0 Å². The lowest BCUT2D eigenvalue weighted by atomic mass is 10.2. The predicted octanol–water partition coefficient (Wildman–Crippen LogP) is 1.30. The molecule has 26 heavy (non-hydrogen) atoms. The number of imide groups is 1. The van der Waals surface area contributed by atoms with Crippen molar-refractivity contribution in [2.75, 3.05) is 40.3 Å². The van der Waals surface area contributed by atoms with E-state index in [9.17, 15) is 14.4 Å². The molecule has 1 fully saturated rings. The SMILES string of the molecule is CN(CCCNC(=O)CCCN1C(=O)CN(C)C1=O)Cc1ccccc1. The smallest absolute Gasteiger partial charge is 0.326 e. The molecule has 0 bridgehead atoms. The predicted molar refractivity (Wildman–Crippen MR) is 99.4 cm³/mol. The highest BCUT2D eigenvalue weighted by molar-refractivity contribution is 6.01. The van der Waals surface area contributed by atoms with Crippen LogP contribution in [0.15, 0.2) is 30.3 Å². The average Bonchev–Trinajstić information content (AvgIpc) is 2.85. The van der Waals surface area contributed by atoms with Gasteiger partial charge in [0, 0.05) is 33.1 Å². The molecule has 0 atom stereocenters. The average molecular weight is 360 g/mol.